The van der Waals surface area contributed by atoms with E-state index in [4.69, 9.17) is 4.99 Å². The Bertz CT molecular complexity index is 521. The molecule has 0 N–H and O–H groups in total. The summed E-state index contributed by atoms with van der Waals surface area (Å²) < 4.78 is 0. The lowest BCUT2D eigenvalue weighted by Crippen LogP contribution is -2.37. The van der Waals surface area contributed by atoms with Crippen LogP contribution in [0, 0.1) is 0 Å². The number of aliphatic imine (C=N–C) groups is 1. The Balaban J connectivity index is 1.70. The molecule has 0 radical (unpaired) electrons. The molecule has 3 heteroatoms. The normalized spacial score (nSPS) is 29.7. The molecule has 0 spiro atoms. The molecule has 1 aromatic carbocycles. The average molecular weight is 256 g/mol. The molecule has 0 bridgehead atoms. The highest BCUT2D eigenvalue weighted by Gasteiger charge is 2.41. The van der Waals surface area contributed by atoms with E-state index in [9.17, 15) is 0 Å². The summed E-state index contributed by atoms with van der Waals surface area (Å²) in [7, 11) is 0. The Labute approximate surface area is 112 Å². The highest BCUT2D eigenvalue weighted by atomic mass is 32.2. The molecular formula is C15H16N2S. The van der Waals surface area contributed by atoms with Crippen LogP contribution in [-0.4, -0.2) is 22.2 Å². The van der Waals surface area contributed by atoms with Gasteiger partial charge in [-0.2, -0.15) is 0 Å². The zero-order valence-electron chi connectivity index (χ0n) is 10.2. The van der Waals surface area contributed by atoms with E-state index in [1.54, 1.807) is 11.8 Å². The van der Waals surface area contributed by atoms with Crippen molar-refractivity contribution in [2.75, 3.05) is 0 Å². The fourth-order valence-electron chi connectivity index (χ4n) is 3.24. The van der Waals surface area contributed by atoms with Crippen LogP contribution >= 0.6 is 11.8 Å². The third kappa shape index (κ3) is 1.53. The zero-order valence-corrected chi connectivity index (χ0v) is 11.1. The third-order valence-electron chi connectivity index (χ3n) is 4.11. The number of hydrogen-bond donors (Lipinski definition) is 0. The van der Waals surface area contributed by atoms with Gasteiger partial charge in [-0.3, -0.25) is 4.99 Å². The second kappa shape index (κ2) is 4.16. The van der Waals surface area contributed by atoms with Crippen molar-refractivity contribution in [3.63, 3.8) is 0 Å². The summed E-state index contributed by atoms with van der Waals surface area (Å²) in [6, 6.07) is 11.9. The predicted molar refractivity (Wildman–Crippen MR) is 77.3 cm³/mol. The molecule has 1 aliphatic carbocycles. The lowest BCUT2D eigenvalue weighted by Gasteiger charge is -2.32. The Kier molecular flexibility index (Phi) is 2.47. The van der Waals surface area contributed by atoms with Crippen LogP contribution in [0.4, 0.5) is 0 Å². The van der Waals surface area contributed by atoms with Crippen LogP contribution < -0.4 is 0 Å². The van der Waals surface area contributed by atoms with Crippen molar-refractivity contribution in [2.45, 2.75) is 37.8 Å². The summed E-state index contributed by atoms with van der Waals surface area (Å²) >= 11 is 1.80. The molecule has 92 valence electrons. The second-order valence-electron chi connectivity index (χ2n) is 5.19. The first-order valence-electron chi connectivity index (χ1n) is 6.73. The minimum absolute atomic E-state index is 0.550. The standard InChI is InChI=1S/C15H16N2S/c1-2-6-11(7-3-1)14-10-18-15-16-12-8-4-5-9-13(12)17(14)15/h1-3,6-7,10,12-13H,4-5,8-9H2/t12-,13-/m0/s1. The van der Waals surface area contributed by atoms with Crippen LogP contribution in [0.3, 0.4) is 0 Å². The number of thioether (sulfide) groups is 1. The van der Waals surface area contributed by atoms with Crippen molar-refractivity contribution in [3.8, 4) is 0 Å². The first kappa shape index (κ1) is 10.7. The van der Waals surface area contributed by atoms with E-state index in [2.05, 4.69) is 40.6 Å². The van der Waals surface area contributed by atoms with Crippen LogP contribution in [0.1, 0.15) is 31.2 Å². The first-order valence-corrected chi connectivity index (χ1v) is 7.61. The zero-order chi connectivity index (χ0) is 11.9. The Hall–Kier alpha value is -1.22. The van der Waals surface area contributed by atoms with E-state index in [0.29, 0.717) is 12.1 Å². The van der Waals surface area contributed by atoms with Crippen LogP contribution in [-0.2, 0) is 0 Å². The van der Waals surface area contributed by atoms with Gasteiger partial charge in [0.05, 0.1) is 17.8 Å². The van der Waals surface area contributed by atoms with Crippen molar-refractivity contribution >= 4 is 22.6 Å². The summed E-state index contributed by atoms with van der Waals surface area (Å²) in [5.74, 6) is 0. The number of rotatable bonds is 1. The second-order valence-corrected chi connectivity index (χ2v) is 6.02. The molecule has 1 saturated carbocycles. The van der Waals surface area contributed by atoms with Gasteiger partial charge in [-0.05, 0) is 18.4 Å². The van der Waals surface area contributed by atoms with Crippen LogP contribution in [0.25, 0.3) is 5.70 Å². The van der Waals surface area contributed by atoms with Crippen molar-refractivity contribution in [1.82, 2.24) is 4.90 Å². The average Bonchev–Trinajstić information content (AvgIpc) is 2.98. The Morgan fingerprint density at radius 3 is 2.83 bits per heavy atom. The van der Waals surface area contributed by atoms with Gasteiger partial charge in [0.2, 0.25) is 0 Å². The van der Waals surface area contributed by atoms with E-state index >= 15 is 0 Å². The summed E-state index contributed by atoms with van der Waals surface area (Å²) in [6.45, 7) is 0. The van der Waals surface area contributed by atoms with Gasteiger partial charge in [0.25, 0.3) is 0 Å². The molecular weight excluding hydrogens is 240 g/mol. The maximum absolute atomic E-state index is 4.90. The molecule has 0 amide bonds. The van der Waals surface area contributed by atoms with Gasteiger partial charge in [-0.1, -0.05) is 54.9 Å². The quantitative estimate of drug-likeness (QED) is 0.761. The number of nitrogens with zero attached hydrogens (tertiary/aromatic N) is 2. The highest BCUT2D eigenvalue weighted by molar-refractivity contribution is 8.16. The van der Waals surface area contributed by atoms with E-state index in [1.807, 2.05) is 0 Å². The molecule has 18 heavy (non-hydrogen) atoms. The van der Waals surface area contributed by atoms with Crippen LogP contribution in [0.15, 0.2) is 40.7 Å². The maximum Gasteiger partial charge on any atom is 0.168 e. The highest BCUT2D eigenvalue weighted by Crippen LogP contribution is 2.43. The van der Waals surface area contributed by atoms with Gasteiger partial charge in [0.15, 0.2) is 5.17 Å². The minimum Gasteiger partial charge on any atom is -0.315 e. The summed E-state index contributed by atoms with van der Waals surface area (Å²) in [4.78, 5) is 7.39. The van der Waals surface area contributed by atoms with Crippen molar-refractivity contribution in [1.29, 1.82) is 0 Å². The lowest BCUT2D eigenvalue weighted by atomic mass is 9.90. The molecule has 0 aromatic heterocycles. The van der Waals surface area contributed by atoms with Crippen LogP contribution in [0.5, 0.6) is 0 Å². The van der Waals surface area contributed by atoms with Gasteiger partial charge in [0.1, 0.15) is 0 Å². The number of fused-ring (bicyclic) bond motifs is 3. The molecule has 0 unspecified atom stereocenters. The van der Waals surface area contributed by atoms with Gasteiger partial charge < -0.3 is 4.90 Å². The van der Waals surface area contributed by atoms with E-state index in [1.165, 1.54) is 42.1 Å². The number of benzene rings is 1. The predicted octanol–water partition coefficient (Wildman–Crippen LogP) is 3.71. The van der Waals surface area contributed by atoms with E-state index < -0.39 is 0 Å². The van der Waals surface area contributed by atoms with Crippen molar-refractivity contribution < 1.29 is 0 Å². The fourth-order valence-corrected chi connectivity index (χ4v) is 4.25. The summed E-state index contributed by atoms with van der Waals surface area (Å²) in [5, 5.41) is 3.49. The monoisotopic (exact) mass is 256 g/mol. The largest absolute Gasteiger partial charge is 0.315 e. The molecule has 2 atom stereocenters. The SMILES string of the molecule is C1=C(c2ccccc2)N2C(=N[C@H]3CCCC[C@@H]32)S1. The molecule has 2 aliphatic heterocycles. The Morgan fingerprint density at radius 2 is 1.94 bits per heavy atom. The first-order chi connectivity index (χ1) is 8.93. The lowest BCUT2D eigenvalue weighted by molar-refractivity contribution is 0.305. The van der Waals surface area contributed by atoms with Crippen molar-refractivity contribution in [3.05, 3.63) is 41.3 Å². The van der Waals surface area contributed by atoms with Gasteiger partial charge in [0, 0.05) is 5.41 Å². The van der Waals surface area contributed by atoms with Gasteiger partial charge in [-0.15, -0.1) is 0 Å². The smallest absolute Gasteiger partial charge is 0.168 e. The molecule has 4 rings (SSSR count). The topological polar surface area (TPSA) is 15.6 Å². The molecule has 0 saturated heterocycles. The van der Waals surface area contributed by atoms with Crippen molar-refractivity contribution in [2.24, 2.45) is 4.99 Å². The summed E-state index contributed by atoms with van der Waals surface area (Å²) in [6.07, 6.45) is 5.27. The molecule has 1 fully saturated rings. The maximum atomic E-state index is 4.90. The minimum atomic E-state index is 0.550. The molecule has 2 nitrogen and oxygen atoms in total. The van der Waals surface area contributed by atoms with Crippen LogP contribution in [0.2, 0.25) is 0 Å². The van der Waals surface area contributed by atoms with E-state index in [0.717, 1.165) is 0 Å². The molecule has 3 aliphatic rings. The Morgan fingerprint density at radius 1 is 1.11 bits per heavy atom. The fraction of sp³-hybridized carbons (Fsp3) is 0.400. The molecule has 1 aromatic rings. The number of hydrogen-bond acceptors (Lipinski definition) is 3. The van der Waals surface area contributed by atoms with E-state index in [-0.39, 0.29) is 0 Å². The van der Waals surface area contributed by atoms with Gasteiger partial charge in [-0.25, -0.2) is 0 Å². The summed E-state index contributed by atoms with van der Waals surface area (Å²) in [5.41, 5.74) is 2.68. The molecule has 2 heterocycles. The van der Waals surface area contributed by atoms with Gasteiger partial charge >= 0.3 is 0 Å². The third-order valence-corrected chi connectivity index (χ3v) is 4.97. The number of amidine groups is 1.